The van der Waals surface area contributed by atoms with Gasteiger partial charge in [-0.05, 0) is 55.5 Å². The number of amides is 1. The summed E-state index contributed by atoms with van der Waals surface area (Å²) in [7, 11) is 0. The lowest BCUT2D eigenvalue weighted by molar-refractivity contribution is -0.135. The van der Waals surface area contributed by atoms with Gasteiger partial charge in [0.15, 0.2) is 11.5 Å². The molecule has 0 N–H and O–H groups in total. The highest BCUT2D eigenvalue weighted by molar-refractivity contribution is 6.31. The minimum atomic E-state index is -0.976. The number of hydrogen-bond donors (Lipinski definition) is 0. The van der Waals surface area contributed by atoms with E-state index < -0.39 is 24.1 Å². The Hall–Kier alpha value is -4.31. The van der Waals surface area contributed by atoms with Gasteiger partial charge in [-0.25, -0.2) is 4.79 Å². The molecule has 36 heavy (non-hydrogen) atoms. The van der Waals surface area contributed by atoms with E-state index >= 15 is 0 Å². The normalized spacial score (nSPS) is 14.6. The molecule has 0 saturated carbocycles. The van der Waals surface area contributed by atoms with Crippen molar-refractivity contribution in [3.63, 3.8) is 0 Å². The van der Waals surface area contributed by atoms with Crippen LogP contribution in [0.15, 0.2) is 64.3 Å². The molecule has 0 fully saturated rings. The number of furan rings is 1. The molecule has 3 aromatic rings. The summed E-state index contributed by atoms with van der Waals surface area (Å²) in [6, 6.07) is 12.3. The van der Waals surface area contributed by atoms with Crippen molar-refractivity contribution >= 4 is 35.3 Å². The molecule has 10 nitrogen and oxygen atoms in total. The van der Waals surface area contributed by atoms with Crippen LogP contribution in [0.25, 0.3) is 0 Å². The largest absolute Gasteiger partial charge is 0.490 e. The second-order valence-electron chi connectivity index (χ2n) is 7.48. The molecule has 0 radical (unpaired) electrons. The van der Waals surface area contributed by atoms with Gasteiger partial charge < -0.3 is 23.4 Å². The van der Waals surface area contributed by atoms with Gasteiger partial charge in [-0.3, -0.25) is 9.59 Å². The number of esters is 2. The lowest BCUT2D eigenvalue weighted by atomic mass is 10.1. The van der Waals surface area contributed by atoms with Crippen LogP contribution in [0.1, 0.15) is 48.7 Å². The van der Waals surface area contributed by atoms with Crippen molar-refractivity contribution in [2.24, 2.45) is 5.10 Å². The molecule has 2 heterocycles. The Labute approximate surface area is 210 Å². The zero-order chi connectivity index (χ0) is 25.8. The second kappa shape index (κ2) is 10.5. The molecule has 1 atom stereocenters. The summed E-state index contributed by atoms with van der Waals surface area (Å²) < 4.78 is 27.4. The zero-order valence-electron chi connectivity index (χ0n) is 19.5. The molecule has 186 valence electrons. The van der Waals surface area contributed by atoms with E-state index in [-0.39, 0.29) is 35.5 Å². The molecule has 4 rings (SSSR count). The van der Waals surface area contributed by atoms with Gasteiger partial charge in [0.25, 0.3) is 0 Å². The van der Waals surface area contributed by atoms with Crippen LogP contribution in [-0.2, 0) is 14.3 Å². The van der Waals surface area contributed by atoms with Crippen LogP contribution in [0.3, 0.4) is 0 Å². The van der Waals surface area contributed by atoms with Gasteiger partial charge in [0.1, 0.15) is 5.75 Å². The highest BCUT2D eigenvalue weighted by Crippen LogP contribution is 2.38. The SMILES string of the molecule is CCOc1cc(C2OC(c3cc(Cl)ccc3OC(C)=O)=NN2C(C)=O)ccc1OC(=O)c1ccco1. The number of halogens is 1. The lowest BCUT2D eigenvalue weighted by Gasteiger charge is -2.21. The van der Waals surface area contributed by atoms with Crippen LogP contribution < -0.4 is 14.2 Å². The monoisotopic (exact) mass is 512 g/mol. The fourth-order valence-electron chi connectivity index (χ4n) is 3.38. The van der Waals surface area contributed by atoms with Gasteiger partial charge in [0, 0.05) is 24.4 Å². The number of hydrogen-bond acceptors (Lipinski definition) is 9. The van der Waals surface area contributed by atoms with Gasteiger partial charge in [-0.1, -0.05) is 11.6 Å². The van der Waals surface area contributed by atoms with E-state index in [1.165, 1.54) is 44.4 Å². The Morgan fingerprint density at radius 3 is 2.47 bits per heavy atom. The van der Waals surface area contributed by atoms with E-state index in [1.807, 2.05) is 0 Å². The minimum Gasteiger partial charge on any atom is -0.490 e. The fourth-order valence-corrected chi connectivity index (χ4v) is 3.55. The molecule has 0 bridgehead atoms. The highest BCUT2D eigenvalue weighted by atomic mass is 35.5. The first-order valence-corrected chi connectivity index (χ1v) is 11.2. The molecule has 1 aliphatic rings. The maximum absolute atomic E-state index is 12.4. The molecular formula is C25H21ClN2O8. The Bertz CT molecular complexity index is 1340. The zero-order valence-corrected chi connectivity index (χ0v) is 20.3. The van der Waals surface area contributed by atoms with E-state index in [0.717, 1.165) is 5.01 Å². The van der Waals surface area contributed by atoms with Crippen molar-refractivity contribution in [2.75, 3.05) is 6.61 Å². The van der Waals surface area contributed by atoms with E-state index in [1.54, 1.807) is 31.2 Å². The smallest absolute Gasteiger partial charge is 0.379 e. The minimum absolute atomic E-state index is 0.0280. The summed E-state index contributed by atoms with van der Waals surface area (Å²) in [4.78, 5) is 36.3. The summed E-state index contributed by atoms with van der Waals surface area (Å²) in [6.07, 6.45) is 0.386. The maximum Gasteiger partial charge on any atom is 0.379 e. The van der Waals surface area contributed by atoms with Crippen LogP contribution in [0.2, 0.25) is 5.02 Å². The molecule has 11 heteroatoms. The second-order valence-corrected chi connectivity index (χ2v) is 7.92. The molecule has 1 amide bonds. The molecule has 0 spiro atoms. The Morgan fingerprint density at radius 1 is 1.03 bits per heavy atom. The third kappa shape index (κ3) is 5.33. The summed E-state index contributed by atoms with van der Waals surface area (Å²) in [6.45, 7) is 4.65. The first kappa shape index (κ1) is 24.8. The molecule has 1 unspecified atom stereocenters. The van der Waals surface area contributed by atoms with Crippen molar-refractivity contribution in [3.8, 4) is 17.2 Å². The molecule has 0 saturated heterocycles. The predicted octanol–water partition coefficient (Wildman–Crippen LogP) is 4.72. The van der Waals surface area contributed by atoms with E-state index in [9.17, 15) is 14.4 Å². The topological polar surface area (TPSA) is 117 Å². The van der Waals surface area contributed by atoms with Crippen molar-refractivity contribution in [3.05, 3.63) is 76.7 Å². The molecular weight excluding hydrogens is 492 g/mol. The lowest BCUT2D eigenvalue weighted by Crippen LogP contribution is -2.25. The first-order valence-electron chi connectivity index (χ1n) is 10.8. The number of benzene rings is 2. The number of nitrogens with zero attached hydrogens (tertiary/aromatic N) is 2. The predicted molar refractivity (Wildman–Crippen MR) is 127 cm³/mol. The summed E-state index contributed by atoms with van der Waals surface area (Å²) in [5.41, 5.74) is 0.779. The van der Waals surface area contributed by atoms with Crippen molar-refractivity contribution in [1.82, 2.24) is 5.01 Å². The van der Waals surface area contributed by atoms with Gasteiger partial charge in [0.2, 0.25) is 23.8 Å². The molecule has 1 aliphatic heterocycles. The standard InChI is InChI=1S/C25H21ClN2O8/c1-4-32-22-12-16(7-9-20(22)35-25(31)21-6-5-11-33-21)24-28(14(2)29)27-23(36-24)18-13-17(26)8-10-19(18)34-15(3)30/h5-13,24H,4H2,1-3H3. The third-order valence-corrected chi connectivity index (χ3v) is 5.11. The van der Waals surface area contributed by atoms with Gasteiger partial charge in [-0.15, -0.1) is 5.10 Å². The fraction of sp³-hybridized carbons (Fsp3) is 0.200. The molecule has 2 aromatic carbocycles. The summed E-state index contributed by atoms with van der Waals surface area (Å²) in [5.74, 6) is -1.01. The number of carbonyl (C=O) groups excluding carboxylic acids is 3. The number of ether oxygens (including phenoxy) is 4. The maximum atomic E-state index is 12.4. The summed E-state index contributed by atoms with van der Waals surface area (Å²) >= 11 is 6.14. The van der Waals surface area contributed by atoms with Crippen molar-refractivity contribution < 1.29 is 37.7 Å². The van der Waals surface area contributed by atoms with Crippen LogP contribution in [-0.4, -0.2) is 35.4 Å². The average molecular weight is 513 g/mol. The Balaban J connectivity index is 1.66. The third-order valence-electron chi connectivity index (χ3n) is 4.87. The summed E-state index contributed by atoms with van der Waals surface area (Å²) in [5, 5.41) is 5.78. The molecule has 0 aliphatic carbocycles. The van der Waals surface area contributed by atoms with Gasteiger partial charge >= 0.3 is 11.9 Å². The Morgan fingerprint density at radius 2 is 1.81 bits per heavy atom. The average Bonchev–Trinajstić information content (AvgIpc) is 3.52. The van der Waals surface area contributed by atoms with Crippen LogP contribution in [0, 0.1) is 0 Å². The van der Waals surface area contributed by atoms with Crippen LogP contribution in [0.4, 0.5) is 0 Å². The van der Waals surface area contributed by atoms with E-state index in [2.05, 4.69) is 5.10 Å². The number of rotatable bonds is 7. The first-order chi connectivity index (χ1) is 17.3. The van der Waals surface area contributed by atoms with E-state index in [0.29, 0.717) is 16.1 Å². The quantitative estimate of drug-likeness (QED) is 0.330. The van der Waals surface area contributed by atoms with Crippen molar-refractivity contribution in [1.29, 1.82) is 0 Å². The van der Waals surface area contributed by atoms with Gasteiger partial charge in [-0.2, -0.15) is 5.01 Å². The number of carbonyl (C=O) groups is 3. The Kier molecular flexibility index (Phi) is 7.25. The van der Waals surface area contributed by atoms with Gasteiger partial charge in [0.05, 0.1) is 18.4 Å². The van der Waals surface area contributed by atoms with Crippen LogP contribution in [0.5, 0.6) is 17.2 Å². The number of hydrazone groups is 1. The molecule has 1 aromatic heterocycles. The van der Waals surface area contributed by atoms with Crippen molar-refractivity contribution in [2.45, 2.75) is 27.0 Å². The van der Waals surface area contributed by atoms with Crippen LogP contribution >= 0.6 is 11.6 Å². The van der Waals surface area contributed by atoms with E-state index in [4.69, 9.17) is 35.0 Å². The highest BCUT2D eigenvalue weighted by Gasteiger charge is 2.35.